The van der Waals surface area contributed by atoms with E-state index < -0.39 is 11.7 Å². The highest BCUT2D eigenvalue weighted by atomic mass is 35.5. The maximum Gasteiger partial charge on any atom is 0.416 e. The molecule has 0 spiro atoms. The van der Waals surface area contributed by atoms with E-state index in [1.807, 2.05) is 6.92 Å². The van der Waals surface area contributed by atoms with Crippen molar-refractivity contribution in [2.45, 2.75) is 25.6 Å². The summed E-state index contributed by atoms with van der Waals surface area (Å²) in [5, 5.41) is 3.21. The van der Waals surface area contributed by atoms with Crippen LogP contribution in [0.4, 0.5) is 19.0 Å². The molecule has 24 heavy (non-hydrogen) atoms. The number of halogens is 4. The predicted molar refractivity (Wildman–Crippen MR) is 84.1 cm³/mol. The highest BCUT2D eigenvalue weighted by molar-refractivity contribution is 6.28. The van der Waals surface area contributed by atoms with Gasteiger partial charge in [0.15, 0.2) is 0 Å². The number of hydrogen-bond donors (Lipinski definition) is 1. The first kappa shape index (κ1) is 17.0. The van der Waals surface area contributed by atoms with Gasteiger partial charge in [0.2, 0.25) is 5.28 Å². The fourth-order valence-electron chi connectivity index (χ4n) is 2.73. The van der Waals surface area contributed by atoms with E-state index in [-0.39, 0.29) is 11.2 Å². The molecule has 3 rings (SSSR count). The Bertz CT molecular complexity index is 735. The van der Waals surface area contributed by atoms with Gasteiger partial charge in [0.25, 0.3) is 0 Å². The number of nitrogens with one attached hydrogen (secondary N) is 1. The van der Waals surface area contributed by atoms with Gasteiger partial charge in [-0.05, 0) is 36.2 Å². The molecule has 1 aromatic carbocycles. The molecule has 1 aromatic heterocycles. The minimum absolute atomic E-state index is 0.100. The van der Waals surface area contributed by atoms with Gasteiger partial charge in [0, 0.05) is 12.1 Å². The smallest absolute Gasteiger partial charge is 0.376 e. The molecule has 2 heterocycles. The number of rotatable bonds is 3. The second-order valence-corrected chi connectivity index (χ2v) is 5.76. The lowest BCUT2D eigenvalue weighted by molar-refractivity contribution is -0.137. The molecule has 1 N–H and O–H groups in total. The van der Waals surface area contributed by atoms with E-state index in [0.717, 1.165) is 17.7 Å². The normalized spacial score (nSPS) is 17.5. The molecule has 8 heteroatoms. The number of hydrogen-bond acceptors (Lipinski definition) is 4. The molecular weight excluding hydrogens is 343 g/mol. The maximum absolute atomic E-state index is 12.7. The third kappa shape index (κ3) is 3.32. The van der Waals surface area contributed by atoms with Crippen molar-refractivity contribution in [3.05, 3.63) is 51.9 Å². The van der Waals surface area contributed by atoms with Crippen molar-refractivity contribution in [1.29, 1.82) is 0 Å². The lowest BCUT2D eigenvalue weighted by Gasteiger charge is -2.26. The summed E-state index contributed by atoms with van der Waals surface area (Å²) in [5.74, 6) is 0.318. The molecule has 1 unspecified atom stereocenters. The Balaban J connectivity index is 2.00. The van der Waals surface area contributed by atoms with Crippen LogP contribution in [0.25, 0.3) is 0 Å². The quantitative estimate of drug-likeness (QED) is 0.834. The van der Waals surface area contributed by atoms with Gasteiger partial charge in [0.05, 0.1) is 30.4 Å². The van der Waals surface area contributed by atoms with E-state index in [0.29, 0.717) is 36.8 Å². The van der Waals surface area contributed by atoms with E-state index in [4.69, 9.17) is 16.3 Å². The first-order valence-corrected chi connectivity index (χ1v) is 7.83. The van der Waals surface area contributed by atoms with Gasteiger partial charge in [-0.3, -0.25) is 0 Å². The molecule has 0 fully saturated rings. The topological polar surface area (TPSA) is 47.0 Å². The van der Waals surface area contributed by atoms with Crippen molar-refractivity contribution in [3.63, 3.8) is 0 Å². The van der Waals surface area contributed by atoms with Crippen LogP contribution in [0.5, 0.6) is 0 Å². The second-order valence-electron chi connectivity index (χ2n) is 5.42. The Morgan fingerprint density at radius 2 is 1.96 bits per heavy atom. The largest absolute Gasteiger partial charge is 0.416 e. The molecular formula is C16H15ClF3N3O. The summed E-state index contributed by atoms with van der Waals surface area (Å²) in [5.41, 5.74) is 1.49. The molecule has 0 radical (unpaired) electrons. The van der Waals surface area contributed by atoms with Crippen LogP contribution in [0.3, 0.4) is 0 Å². The molecule has 0 saturated carbocycles. The summed E-state index contributed by atoms with van der Waals surface area (Å²) in [7, 11) is 0. The Labute approximate surface area is 142 Å². The van der Waals surface area contributed by atoms with Crippen LogP contribution in [0.2, 0.25) is 5.28 Å². The van der Waals surface area contributed by atoms with E-state index in [9.17, 15) is 13.2 Å². The third-order valence-electron chi connectivity index (χ3n) is 3.86. The van der Waals surface area contributed by atoms with Crippen LogP contribution in [0, 0.1) is 0 Å². The number of fused-ring (bicyclic) bond motifs is 1. The Kier molecular flexibility index (Phi) is 4.64. The Morgan fingerprint density at radius 3 is 2.58 bits per heavy atom. The summed E-state index contributed by atoms with van der Waals surface area (Å²) in [6.07, 6.45) is -4.36. The fraction of sp³-hybridized carbons (Fsp3) is 0.375. The molecule has 2 aromatic rings. The van der Waals surface area contributed by atoms with Crippen molar-refractivity contribution in [2.24, 2.45) is 0 Å². The number of anilines is 1. The zero-order valence-corrected chi connectivity index (χ0v) is 13.6. The van der Waals surface area contributed by atoms with Crippen LogP contribution < -0.4 is 5.32 Å². The van der Waals surface area contributed by atoms with E-state index in [1.165, 1.54) is 12.1 Å². The minimum atomic E-state index is -4.36. The molecule has 128 valence electrons. The first-order valence-electron chi connectivity index (χ1n) is 7.45. The van der Waals surface area contributed by atoms with E-state index in [1.54, 1.807) is 0 Å². The zero-order chi connectivity index (χ0) is 17.3. The fourth-order valence-corrected chi connectivity index (χ4v) is 2.91. The van der Waals surface area contributed by atoms with Crippen molar-refractivity contribution >= 4 is 17.4 Å². The summed E-state index contributed by atoms with van der Waals surface area (Å²) in [6.45, 7) is 3.26. The molecule has 1 atom stereocenters. The average Bonchev–Trinajstić information content (AvgIpc) is 2.54. The molecule has 0 amide bonds. The average molecular weight is 358 g/mol. The standard InChI is InChI=1S/C16H15ClF3N3O/c1-2-21-14-12-8-24-7-11(13(12)22-15(17)23-14)9-3-5-10(6-4-9)16(18,19)20/h3-6,11H,2,7-8H2,1H3,(H,21,22,23). The van der Waals surface area contributed by atoms with Gasteiger partial charge in [-0.2, -0.15) is 13.2 Å². The summed E-state index contributed by atoms with van der Waals surface area (Å²) in [4.78, 5) is 8.46. The van der Waals surface area contributed by atoms with Crippen molar-refractivity contribution in [2.75, 3.05) is 18.5 Å². The second kappa shape index (κ2) is 6.57. The molecule has 1 aliphatic rings. The summed E-state index contributed by atoms with van der Waals surface area (Å²) < 4.78 is 43.8. The highest BCUT2D eigenvalue weighted by Crippen LogP contribution is 2.36. The first-order chi connectivity index (χ1) is 11.4. The lowest BCUT2D eigenvalue weighted by atomic mass is 9.91. The van der Waals surface area contributed by atoms with Gasteiger partial charge in [-0.15, -0.1) is 0 Å². The van der Waals surface area contributed by atoms with Crippen LogP contribution in [0.1, 0.15) is 35.2 Å². The minimum Gasteiger partial charge on any atom is -0.376 e. The zero-order valence-electron chi connectivity index (χ0n) is 12.8. The van der Waals surface area contributed by atoms with Crippen LogP contribution in [-0.4, -0.2) is 23.1 Å². The molecule has 0 aliphatic carbocycles. The van der Waals surface area contributed by atoms with E-state index >= 15 is 0 Å². The van der Waals surface area contributed by atoms with Crippen LogP contribution >= 0.6 is 11.6 Å². The lowest BCUT2D eigenvalue weighted by Crippen LogP contribution is -2.22. The summed E-state index contributed by atoms with van der Waals surface area (Å²) >= 11 is 6.00. The number of nitrogens with zero attached hydrogens (tertiary/aromatic N) is 2. The van der Waals surface area contributed by atoms with Gasteiger partial charge in [0.1, 0.15) is 5.82 Å². The van der Waals surface area contributed by atoms with Crippen molar-refractivity contribution < 1.29 is 17.9 Å². The Hall–Kier alpha value is -1.86. The Morgan fingerprint density at radius 1 is 1.25 bits per heavy atom. The van der Waals surface area contributed by atoms with Gasteiger partial charge >= 0.3 is 6.18 Å². The highest BCUT2D eigenvalue weighted by Gasteiger charge is 2.32. The third-order valence-corrected chi connectivity index (χ3v) is 4.03. The number of ether oxygens (including phenoxy) is 1. The predicted octanol–water partition coefficient (Wildman–Crippen LogP) is 4.24. The number of alkyl halides is 3. The van der Waals surface area contributed by atoms with Crippen molar-refractivity contribution in [3.8, 4) is 0 Å². The number of benzene rings is 1. The van der Waals surface area contributed by atoms with E-state index in [2.05, 4.69) is 15.3 Å². The van der Waals surface area contributed by atoms with Crippen LogP contribution in [-0.2, 0) is 17.5 Å². The summed E-state index contributed by atoms with van der Waals surface area (Å²) in [6, 6.07) is 5.04. The molecule has 0 saturated heterocycles. The van der Waals surface area contributed by atoms with Gasteiger partial charge in [-0.1, -0.05) is 12.1 Å². The van der Waals surface area contributed by atoms with Crippen LogP contribution in [0.15, 0.2) is 24.3 Å². The molecule has 0 bridgehead atoms. The van der Waals surface area contributed by atoms with Gasteiger partial charge < -0.3 is 10.1 Å². The number of aromatic nitrogens is 2. The molecule has 1 aliphatic heterocycles. The SMILES string of the molecule is CCNc1nc(Cl)nc2c1COCC2c1ccc(C(F)(F)F)cc1. The monoisotopic (exact) mass is 357 g/mol. The maximum atomic E-state index is 12.7. The molecule has 4 nitrogen and oxygen atoms in total. The van der Waals surface area contributed by atoms with Crippen molar-refractivity contribution in [1.82, 2.24) is 9.97 Å². The van der Waals surface area contributed by atoms with Gasteiger partial charge in [-0.25, -0.2) is 9.97 Å².